The normalized spacial score (nSPS) is 15.1. The molecule has 1 fully saturated rings. The molecule has 0 spiro atoms. The number of piperazine rings is 1. The van der Waals surface area contributed by atoms with Crippen molar-refractivity contribution in [3.8, 4) is 10.6 Å². The smallest absolute Gasteiger partial charge is 0.229 e. The van der Waals surface area contributed by atoms with Crippen LogP contribution in [-0.2, 0) is 0 Å². The van der Waals surface area contributed by atoms with Crippen molar-refractivity contribution >= 4 is 45.9 Å². The maximum atomic E-state index is 8.92. The van der Waals surface area contributed by atoms with Crippen LogP contribution in [-0.4, -0.2) is 64.5 Å². The first-order chi connectivity index (χ1) is 15.6. The molecule has 1 aromatic carbocycles. The second-order valence-corrected chi connectivity index (χ2v) is 9.08. The summed E-state index contributed by atoms with van der Waals surface area (Å²) in [6.07, 6.45) is 3.33. The summed E-state index contributed by atoms with van der Waals surface area (Å²) in [6.45, 7) is 6.25. The molecular formula is C23H25N7OS. The van der Waals surface area contributed by atoms with Crippen molar-refractivity contribution in [3.63, 3.8) is 0 Å². The molecule has 0 saturated carbocycles. The fourth-order valence-electron chi connectivity index (χ4n) is 3.93. The third-order valence-electron chi connectivity index (χ3n) is 5.77. The second-order valence-electron chi connectivity index (χ2n) is 8.00. The Kier molecular flexibility index (Phi) is 5.50. The van der Waals surface area contributed by atoms with Crippen molar-refractivity contribution in [2.75, 3.05) is 43.4 Å². The average molecular weight is 448 g/mol. The molecule has 0 aliphatic carbocycles. The number of aromatic amines is 1. The lowest BCUT2D eigenvalue weighted by molar-refractivity contribution is 0.313. The van der Waals surface area contributed by atoms with E-state index in [-0.39, 0.29) is 0 Å². The Bertz CT molecular complexity index is 1250. The van der Waals surface area contributed by atoms with Crippen LogP contribution in [0.25, 0.3) is 21.6 Å². The van der Waals surface area contributed by atoms with E-state index in [0.717, 1.165) is 63.9 Å². The van der Waals surface area contributed by atoms with E-state index in [1.54, 1.807) is 0 Å². The summed E-state index contributed by atoms with van der Waals surface area (Å²) in [5, 5.41) is 16.4. The molecule has 0 bridgehead atoms. The van der Waals surface area contributed by atoms with Gasteiger partial charge in [0.05, 0.1) is 21.7 Å². The molecule has 3 aromatic heterocycles. The third kappa shape index (κ3) is 4.04. The minimum absolute atomic E-state index is 0.533. The van der Waals surface area contributed by atoms with Crippen LogP contribution in [0.2, 0.25) is 0 Å². The average Bonchev–Trinajstić information content (AvgIpc) is 3.41. The van der Waals surface area contributed by atoms with Crippen molar-refractivity contribution in [2.45, 2.75) is 6.92 Å². The van der Waals surface area contributed by atoms with Crippen molar-refractivity contribution in [2.24, 2.45) is 5.16 Å². The standard InChI is InChI=1S/C23H25N7OS/c1-15-13-19(32-20(15)14-25-31)21-18-7-8-24-22(18)28-23(27-21)26-16-3-5-17(6-4-16)30-11-9-29(2)10-12-30/h3-8,13-14,31H,9-12H2,1-2H3,(H2,24,26,27,28)/b25-14+. The van der Waals surface area contributed by atoms with E-state index in [2.05, 4.69) is 67.6 Å². The minimum atomic E-state index is 0.533. The van der Waals surface area contributed by atoms with Gasteiger partial charge in [-0.1, -0.05) is 5.16 Å². The lowest BCUT2D eigenvalue weighted by atomic mass is 10.2. The van der Waals surface area contributed by atoms with Crippen LogP contribution in [0.1, 0.15) is 10.4 Å². The van der Waals surface area contributed by atoms with Crippen LogP contribution in [0.3, 0.4) is 0 Å². The van der Waals surface area contributed by atoms with E-state index in [1.165, 1.54) is 23.2 Å². The molecule has 9 heteroatoms. The predicted octanol–water partition coefficient (Wildman–Crippen LogP) is 4.30. The van der Waals surface area contributed by atoms with Crippen LogP contribution >= 0.6 is 11.3 Å². The predicted molar refractivity (Wildman–Crippen MR) is 131 cm³/mol. The van der Waals surface area contributed by atoms with Gasteiger partial charge >= 0.3 is 0 Å². The Hall–Kier alpha value is -3.43. The van der Waals surface area contributed by atoms with Gasteiger partial charge in [-0.15, -0.1) is 11.3 Å². The van der Waals surface area contributed by atoms with Crippen LogP contribution < -0.4 is 10.2 Å². The van der Waals surface area contributed by atoms with Gasteiger partial charge in [-0.2, -0.15) is 4.98 Å². The van der Waals surface area contributed by atoms with Crippen LogP contribution in [0.5, 0.6) is 0 Å². The Morgan fingerprint density at radius 3 is 2.66 bits per heavy atom. The molecule has 3 N–H and O–H groups in total. The largest absolute Gasteiger partial charge is 0.411 e. The molecule has 1 aliphatic heterocycles. The number of likely N-dealkylation sites (N-methyl/N-ethyl adjacent to an activating group) is 1. The molecule has 0 atom stereocenters. The van der Waals surface area contributed by atoms with Crippen molar-refractivity contribution in [3.05, 3.63) is 53.0 Å². The summed E-state index contributed by atoms with van der Waals surface area (Å²) in [5.74, 6) is 0.533. The number of aromatic nitrogens is 3. The molecule has 5 rings (SSSR count). The maximum absolute atomic E-state index is 8.92. The highest BCUT2D eigenvalue weighted by atomic mass is 32.1. The highest BCUT2D eigenvalue weighted by Gasteiger charge is 2.16. The van der Waals surface area contributed by atoms with Crippen molar-refractivity contribution in [1.29, 1.82) is 0 Å². The molecule has 1 saturated heterocycles. The zero-order chi connectivity index (χ0) is 22.1. The molecular weight excluding hydrogens is 422 g/mol. The van der Waals surface area contributed by atoms with Gasteiger partial charge in [0.15, 0.2) is 0 Å². The maximum Gasteiger partial charge on any atom is 0.229 e. The Balaban J connectivity index is 1.42. The number of benzene rings is 1. The van der Waals surface area contributed by atoms with Crippen molar-refractivity contribution in [1.82, 2.24) is 19.9 Å². The highest BCUT2D eigenvalue weighted by Crippen LogP contribution is 2.34. The van der Waals surface area contributed by atoms with E-state index in [9.17, 15) is 0 Å². The molecule has 1 aliphatic rings. The Labute approximate surface area is 190 Å². The summed E-state index contributed by atoms with van der Waals surface area (Å²) < 4.78 is 0. The molecule has 0 unspecified atom stereocenters. The molecule has 32 heavy (non-hydrogen) atoms. The van der Waals surface area contributed by atoms with Crippen molar-refractivity contribution < 1.29 is 5.21 Å². The topological polar surface area (TPSA) is 92.7 Å². The number of aryl methyl sites for hydroxylation is 1. The lowest BCUT2D eigenvalue weighted by Crippen LogP contribution is -2.44. The summed E-state index contributed by atoms with van der Waals surface area (Å²) in [5.41, 5.74) is 4.83. The molecule has 4 heterocycles. The zero-order valence-electron chi connectivity index (χ0n) is 18.0. The first-order valence-electron chi connectivity index (χ1n) is 10.5. The summed E-state index contributed by atoms with van der Waals surface area (Å²) >= 11 is 1.54. The number of fused-ring (bicyclic) bond motifs is 1. The first-order valence-corrected chi connectivity index (χ1v) is 11.4. The number of rotatable bonds is 5. The number of oxime groups is 1. The molecule has 164 valence electrons. The van der Waals surface area contributed by atoms with E-state index in [4.69, 9.17) is 10.2 Å². The Morgan fingerprint density at radius 1 is 1.12 bits per heavy atom. The van der Waals surface area contributed by atoms with Gasteiger partial charge in [-0.3, -0.25) is 0 Å². The zero-order valence-corrected chi connectivity index (χ0v) is 18.9. The van der Waals surface area contributed by atoms with Gasteiger partial charge in [-0.25, -0.2) is 4.98 Å². The van der Waals surface area contributed by atoms with Gasteiger partial charge in [0.2, 0.25) is 5.95 Å². The molecule has 0 amide bonds. The number of thiophene rings is 1. The SMILES string of the molecule is Cc1cc(-c2nc(Nc3ccc(N4CCN(C)CC4)cc3)nc3[nH]ccc23)sc1/C=N/O. The van der Waals surface area contributed by atoms with E-state index < -0.39 is 0 Å². The summed E-state index contributed by atoms with van der Waals surface area (Å²) in [4.78, 5) is 19.3. The monoisotopic (exact) mass is 447 g/mol. The number of hydrogen-bond donors (Lipinski definition) is 3. The number of nitrogens with one attached hydrogen (secondary N) is 2. The summed E-state index contributed by atoms with van der Waals surface area (Å²) in [6, 6.07) is 12.5. The lowest BCUT2D eigenvalue weighted by Gasteiger charge is -2.34. The number of H-pyrrole nitrogens is 1. The Morgan fingerprint density at radius 2 is 1.91 bits per heavy atom. The fraction of sp³-hybridized carbons (Fsp3) is 0.261. The van der Waals surface area contributed by atoms with Gasteiger partial charge in [0, 0.05) is 49.1 Å². The second kappa shape index (κ2) is 8.60. The van der Waals surface area contributed by atoms with Gasteiger partial charge in [0.1, 0.15) is 5.65 Å². The number of anilines is 3. The number of nitrogens with zero attached hydrogens (tertiary/aromatic N) is 5. The third-order valence-corrected chi connectivity index (χ3v) is 6.95. The number of hydrogen-bond acceptors (Lipinski definition) is 8. The van der Waals surface area contributed by atoms with Gasteiger partial charge in [0.25, 0.3) is 0 Å². The van der Waals surface area contributed by atoms with E-state index in [0.29, 0.717) is 5.95 Å². The van der Waals surface area contributed by atoms with Crippen LogP contribution in [0, 0.1) is 6.92 Å². The van der Waals surface area contributed by atoms with Crippen LogP contribution in [0.15, 0.2) is 47.8 Å². The quantitative estimate of drug-likeness (QED) is 0.240. The highest BCUT2D eigenvalue weighted by molar-refractivity contribution is 7.17. The van der Waals surface area contributed by atoms with Crippen LogP contribution in [0.4, 0.5) is 17.3 Å². The fourth-order valence-corrected chi connectivity index (χ4v) is 4.97. The van der Waals surface area contributed by atoms with Gasteiger partial charge in [-0.05, 0) is 55.9 Å². The summed E-state index contributed by atoms with van der Waals surface area (Å²) in [7, 11) is 2.16. The first kappa shape index (κ1) is 20.5. The minimum Gasteiger partial charge on any atom is -0.411 e. The molecule has 0 radical (unpaired) electrons. The van der Waals surface area contributed by atoms with E-state index >= 15 is 0 Å². The van der Waals surface area contributed by atoms with Gasteiger partial charge < -0.3 is 25.3 Å². The molecule has 8 nitrogen and oxygen atoms in total. The molecule has 4 aromatic rings. The van der Waals surface area contributed by atoms with E-state index in [1.807, 2.05) is 19.2 Å².